The maximum absolute atomic E-state index is 16.6. The van der Waals surface area contributed by atoms with Crippen molar-refractivity contribution >= 4 is 11.9 Å². The predicted octanol–water partition coefficient (Wildman–Crippen LogP) is 8.03. The van der Waals surface area contributed by atoms with Crippen molar-refractivity contribution in [1.82, 2.24) is 14.8 Å². The zero-order valence-corrected chi connectivity index (χ0v) is 29.6. The van der Waals surface area contributed by atoms with Gasteiger partial charge in [0, 0.05) is 23.4 Å². The number of hydrogen-bond donors (Lipinski definition) is 2. The lowest BCUT2D eigenvalue weighted by atomic mass is 9.88. The number of amides is 1. The molecule has 2 N–H and O–H groups in total. The Hall–Kier alpha value is -4.06. The SMILES string of the molecule is Cc1cc(-c2c(C)cc(C3CC3)cc2C)c(F)c(C(CC(=O)O)NC(=O)C(CC(C)C)n2cc(CCCN(C)C)c(C(F)(F)F)cc2=O)c1F. The van der Waals surface area contributed by atoms with Gasteiger partial charge in [-0.1, -0.05) is 26.0 Å². The average molecular weight is 704 g/mol. The van der Waals surface area contributed by atoms with E-state index in [4.69, 9.17) is 0 Å². The zero-order chi connectivity index (χ0) is 37.2. The number of carboxylic acid groups (broad SMARTS) is 1. The molecule has 2 unspecified atom stereocenters. The first-order chi connectivity index (χ1) is 23.3. The Morgan fingerprint density at radius 1 is 1.00 bits per heavy atom. The lowest BCUT2D eigenvalue weighted by Crippen LogP contribution is -2.41. The van der Waals surface area contributed by atoms with Crippen molar-refractivity contribution < 1.29 is 36.6 Å². The number of carbonyl (C=O) groups is 2. The van der Waals surface area contributed by atoms with Crippen LogP contribution in [0.25, 0.3) is 11.1 Å². The van der Waals surface area contributed by atoms with Crippen LogP contribution in [0.1, 0.15) is 103 Å². The molecule has 4 rings (SSSR count). The van der Waals surface area contributed by atoms with Crippen LogP contribution in [0.3, 0.4) is 0 Å². The Bertz CT molecular complexity index is 1790. The van der Waals surface area contributed by atoms with E-state index in [2.05, 4.69) is 5.32 Å². The van der Waals surface area contributed by atoms with Crippen LogP contribution in [0.5, 0.6) is 0 Å². The molecule has 3 aromatic rings. The summed E-state index contributed by atoms with van der Waals surface area (Å²) in [6.07, 6.45) is -2.27. The molecule has 272 valence electrons. The van der Waals surface area contributed by atoms with Gasteiger partial charge >= 0.3 is 12.1 Å². The number of carboxylic acids is 1. The fraction of sp³-hybridized carbons (Fsp3) is 0.500. The van der Waals surface area contributed by atoms with Crippen molar-refractivity contribution in [2.75, 3.05) is 20.6 Å². The molecule has 1 heterocycles. The third-order valence-corrected chi connectivity index (χ3v) is 9.19. The van der Waals surface area contributed by atoms with E-state index in [1.807, 2.05) is 30.9 Å². The van der Waals surface area contributed by atoms with Gasteiger partial charge in [0.15, 0.2) is 0 Å². The molecule has 1 amide bonds. The zero-order valence-electron chi connectivity index (χ0n) is 29.6. The standard InChI is InChI=1S/C38H46F5N3O4/c1-20(2)13-30(46-19-25(9-8-12-45(6)7)28(17-31(46)47)38(41,42)43)37(50)44-29(18-32(48)49)34-35(39)23(5)16-27(36(34)40)33-21(3)14-26(15-22(33)4)24-10-11-24/h14-17,19-20,24,29-30H,8-13,18H2,1-7H3,(H,44,50)(H,48,49). The van der Waals surface area contributed by atoms with Crippen molar-refractivity contribution in [3.63, 3.8) is 0 Å². The highest BCUT2D eigenvalue weighted by Crippen LogP contribution is 2.44. The second-order valence-electron chi connectivity index (χ2n) is 14.3. The Morgan fingerprint density at radius 2 is 1.62 bits per heavy atom. The van der Waals surface area contributed by atoms with Crippen molar-refractivity contribution in [3.05, 3.63) is 91.4 Å². The second-order valence-corrected chi connectivity index (χ2v) is 14.3. The normalized spacial score (nSPS) is 14.7. The summed E-state index contributed by atoms with van der Waals surface area (Å²) in [5, 5.41) is 12.3. The lowest BCUT2D eigenvalue weighted by molar-refractivity contribution is -0.139. The number of rotatable bonds is 14. The number of alkyl halides is 3. The number of nitrogens with zero attached hydrogens (tertiary/aromatic N) is 2. The first-order valence-corrected chi connectivity index (χ1v) is 16.9. The maximum atomic E-state index is 16.6. The Kier molecular flexibility index (Phi) is 12.0. The number of aliphatic carboxylic acids is 1. The summed E-state index contributed by atoms with van der Waals surface area (Å²) in [7, 11) is 3.55. The van der Waals surface area contributed by atoms with Gasteiger partial charge in [-0.05, 0) is 125 Å². The van der Waals surface area contributed by atoms with Crippen LogP contribution in [-0.4, -0.2) is 47.1 Å². The molecule has 1 aliphatic rings. The van der Waals surface area contributed by atoms with Gasteiger partial charge < -0.3 is 19.9 Å². The fourth-order valence-electron chi connectivity index (χ4n) is 6.70. The van der Waals surface area contributed by atoms with Gasteiger partial charge in [-0.25, -0.2) is 8.78 Å². The monoisotopic (exact) mass is 703 g/mol. The van der Waals surface area contributed by atoms with Gasteiger partial charge in [0.25, 0.3) is 5.56 Å². The molecule has 2 aromatic carbocycles. The predicted molar refractivity (Wildman–Crippen MR) is 182 cm³/mol. The van der Waals surface area contributed by atoms with Gasteiger partial charge in [0.1, 0.15) is 17.7 Å². The van der Waals surface area contributed by atoms with Crippen LogP contribution in [0.15, 0.2) is 35.3 Å². The Labute approximate surface area is 289 Å². The molecule has 0 spiro atoms. The summed E-state index contributed by atoms with van der Waals surface area (Å²) in [6.45, 7) is 9.04. The van der Waals surface area contributed by atoms with E-state index >= 15 is 8.78 Å². The van der Waals surface area contributed by atoms with Gasteiger partial charge in [-0.3, -0.25) is 14.4 Å². The van der Waals surface area contributed by atoms with Gasteiger partial charge in [-0.15, -0.1) is 0 Å². The third kappa shape index (κ3) is 8.99. The number of halogens is 5. The molecular formula is C38H46F5N3O4. The van der Waals surface area contributed by atoms with Crippen LogP contribution in [0.4, 0.5) is 22.0 Å². The lowest BCUT2D eigenvalue weighted by Gasteiger charge is -2.27. The molecule has 2 atom stereocenters. The number of aromatic nitrogens is 1. The average Bonchev–Trinajstić information content (AvgIpc) is 3.83. The molecule has 0 saturated heterocycles. The van der Waals surface area contributed by atoms with E-state index in [0.717, 1.165) is 40.3 Å². The van der Waals surface area contributed by atoms with E-state index in [9.17, 15) is 32.7 Å². The van der Waals surface area contributed by atoms with E-state index in [1.54, 1.807) is 27.9 Å². The van der Waals surface area contributed by atoms with Crippen molar-refractivity contribution in [3.8, 4) is 11.1 Å². The summed E-state index contributed by atoms with van der Waals surface area (Å²) < 4.78 is 75.5. The van der Waals surface area contributed by atoms with Gasteiger partial charge in [0.2, 0.25) is 5.91 Å². The minimum atomic E-state index is -4.82. The van der Waals surface area contributed by atoms with Crippen LogP contribution in [0, 0.1) is 38.3 Å². The first kappa shape index (κ1) is 38.7. The van der Waals surface area contributed by atoms with E-state index in [1.165, 1.54) is 13.0 Å². The van der Waals surface area contributed by atoms with Crippen LogP contribution < -0.4 is 10.9 Å². The highest BCUT2D eigenvalue weighted by Gasteiger charge is 2.36. The summed E-state index contributed by atoms with van der Waals surface area (Å²) in [5.74, 6) is -4.27. The maximum Gasteiger partial charge on any atom is 0.416 e. The second kappa shape index (κ2) is 15.4. The number of hydrogen-bond acceptors (Lipinski definition) is 4. The molecule has 0 aliphatic heterocycles. The van der Waals surface area contributed by atoms with E-state index in [0.29, 0.717) is 30.5 Å². The summed E-state index contributed by atoms with van der Waals surface area (Å²) in [6, 6.07) is 2.67. The quantitative estimate of drug-likeness (QED) is 0.166. The van der Waals surface area contributed by atoms with E-state index < -0.39 is 64.9 Å². The molecule has 1 aromatic heterocycles. The Balaban J connectivity index is 1.81. The number of nitrogens with one attached hydrogen (secondary N) is 1. The molecule has 12 heteroatoms. The van der Waals surface area contributed by atoms with Crippen molar-refractivity contribution in [2.45, 2.75) is 97.3 Å². The van der Waals surface area contributed by atoms with Crippen LogP contribution >= 0.6 is 0 Å². The molecule has 0 radical (unpaired) electrons. The molecule has 7 nitrogen and oxygen atoms in total. The number of aryl methyl sites for hydroxylation is 4. The highest BCUT2D eigenvalue weighted by molar-refractivity contribution is 5.82. The van der Waals surface area contributed by atoms with E-state index in [-0.39, 0.29) is 35.4 Å². The van der Waals surface area contributed by atoms with Gasteiger partial charge in [0.05, 0.1) is 18.0 Å². The van der Waals surface area contributed by atoms with Crippen molar-refractivity contribution in [2.24, 2.45) is 5.92 Å². The molecule has 50 heavy (non-hydrogen) atoms. The van der Waals surface area contributed by atoms with Gasteiger partial charge in [-0.2, -0.15) is 13.2 Å². The third-order valence-electron chi connectivity index (χ3n) is 9.19. The van der Waals surface area contributed by atoms with Crippen LogP contribution in [0.2, 0.25) is 0 Å². The van der Waals surface area contributed by atoms with Crippen molar-refractivity contribution in [1.29, 1.82) is 0 Å². The minimum Gasteiger partial charge on any atom is -0.481 e. The summed E-state index contributed by atoms with van der Waals surface area (Å²) in [5.41, 5.74) is 0.282. The summed E-state index contributed by atoms with van der Waals surface area (Å²) >= 11 is 0. The molecule has 1 aliphatic carbocycles. The smallest absolute Gasteiger partial charge is 0.416 e. The largest absolute Gasteiger partial charge is 0.481 e. The minimum absolute atomic E-state index is 0.0240. The van der Waals surface area contributed by atoms with Crippen LogP contribution in [-0.2, 0) is 22.2 Å². The topological polar surface area (TPSA) is 91.6 Å². The molecular weight excluding hydrogens is 657 g/mol. The number of pyridine rings is 1. The molecule has 0 bridgehead atoms. The first-order valence-electron chi connectivity index (χ1n) is 16.9. The fourth-order valence-corrected chi connectivity index (χ4v) is 6.70. The highest BCUT2D eigenvalue weighted by atomic mass is 19.4. The molecule has 1 saturated carbocycles. The summed E-state index contributed by atoms with van der Waals surface area (Å²) in [4.78, 5) is 41.1. The Morgan fingerprint density at radius 3 is 2.14 bits per heavy atom. The molecule has 1 fully saturated rings. The number of carbonyl (C=O) groups excluding carboxylic acids is 1. The number of benzene rings is 2.